The minimum absolute atomic E-state index is 0.0321. The van der Waals surface area contributed by atoms with Crippen LogP contribution in [0.5, 0.6) is 0 Å². The fraction of sp³-hybridized carbons (Fsp3) is 0.923. The zero-order valence-electron chi connectivity index (χ0n) is 12.3. The minimum Gasteiger partial charge on any atom is -0.354 e. The first-order chi connectivity index (χ1) is 9.39. The van der Waals surface area contributed by atoms with Gasteiger partial charge in [-0.2, -0.15) is 4.31 Å². The zero-order valence-corrected chi connectivity index (χ0v) is 13.2. The molecule has 116 valence electrons. The smallest absolute Gasteiger partial charge is 0.217 e. The largest absolute Gasteiger partial charge is 0.354 e. The Kier molecular flexibility index (Phi) is 5.04. The summed E-state index contributed by atoms with van der Waals surface area (Å²) >= 11 is 0. The zero-order chi connectivity index (χ0) is 14.8. The molecular formula is C13H25N3O3S. The topological polar surface area (TPSA) is 69.7 Å². The second kappa shape index (κ2) is 6.41. The predicted octanol–water partition coefficient (Wildman–Crippen LogP) is 0.0109. The van der Waals surface area contributed by atoms with Gasteiger partial charge in [0.25, 0.3) is 0 Å². The third-order valence-corrected chi connectivity index (χ3v) is 6.72. The van der Waals surface area contributed by atoms with Crippen molar-refractivity contribution in [2.75, 3.05) is 33.2 Å². The van der Waals surface area contributed by atoms with Crippen LogP contribution in [0.4, 0.5) is 0 Å². The van der Waals surface area contributed by atoms with Crippen molar-refractivity contribution in [3.63, 3.8) is 0 Å². The van der Waals surface area contributed by atoms with Crippen LogP contribution in [0, 0.1) is 0 Å². The summed E-state index contributed by atoms with van der Waals surface area (Å²) in [4.78, 5) is 13.2. The van der Waals surface area contributed by atoms with E-state index < -0.39 is 10.0 Å². The molecule has 2 fully saturated rings. The minimum atomic E-state index is -3.17. The van der Waals surface area contributed by atoms with Gasteiger partial charge in [0.2, 0.25) is 15.9 Å². The lowest BCUT2D eigenvalue weighted by Gasteiger charge is -2.36. The van der Waals surface area contributed by atoms with Gasteiger partial charge in [-0.1, -0.05) is 0 Å². The van der Waals surface area contributed by atoms with E-state index in [1.54, 1.807) is 4.31 Å². The van der Waals surface area contributed by atoms with Gasteiger partial charge < -0.3 is 10.2 Å². The van der Waals surface area contributed by atoms with Crippen LogP contribution in [-0.2, 0) is 14.8 Å². The van der Waals surface area contributed by atoms with E-state index in [1.165, 1.54) is 6.92 Å². The number of amides is 1. The second-order valence-electron chi connectivity index (χ2n) is 5.92. The first-order valence-corrected chi connectivity index (χ1v) is 8.84. The van der Waals surface area contributed by atoms with Crippen LogP contribution in [0.3, 0.4) is 0 Å². The van der Waals surface area contributed by atoms with E-state index in [0.29, 0.717) is 25.9 Å². The van der Waals surface area contributed by atoms with Gasteiger partial charge in [-0.15, -0.1) is 0 Å². The molecule has 1 saturated heterocycles. The summed E-state index contributed by atoms with van der Waals surface area (Å²) in [6.45, 7) is 4.32. The molecule has 1 amide bonds. The van der Waals surface area contributed by atoms with E-state index in [-0.39, 0.29) is 17.2 Å². The SMILES string of the molecule is CC(=O)NC1CCC(S(=O)(=O)N2CCN(C)CC2)CC1. The molecule has 1 heterocycles. The molecule has 1 aliphatic heterocycles. The summed E-state index contributed by atoms with van der Waals surface area (Å²) in [5.41, 5.74) is 0. The summed E-state index contributed by atoms with van der Waals surface area (Å²) < 4.78 is 26.8. The molecule has 7 heteroatoms. The van der Waals surface area contributed by atoms with E-state index in [2.05, 4.69) is 10.2 Å². The van der Waals surface area contributed by atoms with E-state index in [1.807, 2.05) is 7.05 Å². The van der Waals surface area contributed by atoms with E-state index in [4.69, 9.17) is 0 Å². The Morgan fingerprint density at radius 1 is 1.05 bits per heavy atom. The maximum Gasteiger partial charge on any atom is 0.217 e. The van der Waals surface area contributed by atoms with Crippen LogP contribution < -0.4 is 5.32 Å². The number of sulfonamides is 1. The molecular weight excluding hydrogens is 278 g/mol. The van der Waals surface area contributed by atoms with Crippen LogP contribution in [0.2, 0.25) is 0 Å². The first kappa shape index (κ1) is 15.7. The summed E-state index contributed by atoms with van der Waals surface area (Å²) in [6, 6.07) is 0.145. The van der Waals surface area contributed by atoms with Gasteiger partial charge in [-0.3, -0.25) is 4.79 Å². The fourth-order valence-corrected chi connectivity index (χ4v) is 5.01. The Labute approximate surface area is 121 Å². The van der Waals surface area contributed by atoms with Crippen LogP contribution in [0.1, 0.15) is 32.6 Å². The molecule has 0 radical (unpaired) electrons. The van der Waals surface area contributed by atoms with Gasteiger partial charge >= 0.3 is 0 Å². The Morgan fingerprint density at radius 3 is 2.10 bits per heavy atom. The van der Waals surface area contributed by atoms with Crippen LogP contribution in [0.15, 0.2) is 0 Å². The standard InChI is InChI=1S/C13H25N3O3S/c1-11(17)14-12-3-5-13(6-4-12)20(18,19)16-9-7-15(2)8-10-16/h12-13H,3-10H2,1-2H3,(H,14,17). The maximum atomic E-state index is 12.6. The van der Waals surface area contributed by atoms with E-state index >= 15 is 0 Å². The quantitative estimate of drug-likeness (QED) is 0.797. The third-order valence-electron chi connectivity index (χ3n) is 4.32. The molecule has 0 spiro atoms. The molecule has 20 heavy (non-hydrogen) atoms. The van der Waals surface area contributed by atoms with Crippen molar-refractivity contribution < 1.29 is 13.2 Å². The molecule has 1 N–H and O–H groups in total. The van der Waals surface area contributed by atoms with Crippen LogP contribution in [-0.4, -0.2) is 68.0 Å². The van der Waals surface area contributed by atoms with Gasteiger partial charge in [0.05, 0.1) is 5.25 Å². The number of carbonyl (C=O) groups excluding carboxylic acids is 1. The highest BCUT2D eigenvalue weighted by Crippen LogP contribution is 2.27. The number of piperazine rings is 1. The summed E-state index contributed by atoms with van der Waals surface area (Å²) in [7, 11) is -1.15. The Bertz CT molecular complexity index is 436. The molecule has 1 aliphatic carbocycles. The Balaban J connectivity index is 1.90. The number of nitrogens with zero attached hydrogens (tertiary/aromatic N) is 2. The van der Waals surface area contributed by atoms with Gasteiger partial charge in [-0.25, -0.2) is 8.42 Å². The van der Waals surface area contributed by atoms with Crippen molar-refractivity contribution in [3.8, 4) is 0 Å². The number of hydrogen-bond donors (Lipinski definition) is 1. The van der Waals surface area contributed by atoms with Crippen LogP contribution >= 0.6 is 0 Å². The monoisotopic (exact) mass is 303 g/mol. The molecule has 6 nitrogen and oxygen atoms in total. The Morgan fingerprint density at radius 2 is 1.60 bits per heavy atom. The van der Waals surface area contributed by atoms with Gasteiger partial charge in [0.1, 0.15) is 0 Å². The molecule has 0 aromatic heterocycles. The van der Waals surface area contributed by atoms with E-state index in [9.17, 15) is 13.2 Å². The van der Waals surface area contributed by atoms with Crippen molar-refractivity contribution in [2.24, 2.45) is 0 Å². The first-order valence-electron chi connectivity index (χ1n) is 7.34. The van der Waals surface area contributed by atoms with Crippen molar-refractivity contribution in [1.82, 2.24) is 14.5 Å². The lowest BCUT2D eigenvalue weighted by Crippen LogP contribution is -2.51. The Hall–Kier alpha value is -0.660. The molecule has 0 aromatic rings. The lowest BCUT2D eigenvalue weighted by atomic mass is 9.95. The molecule has 1 saturated carbocycles. The molecule has 0 aromatic carbocycles. The van der Waals surface area contributed by atoms with E-state index in [0.717, 1.165) is 25.9 Å². The number of nitrogens with one attached hydrogen (secondary N) is 1. The van der Waals surface area contributed by atoms with Crippen molar-refractivity contribution in [2.45, 2.75) is 43.9 Å². The summed E-state index contributed by atoms with van der Waals surface area (Å²) in [5, 5.41) is 2.62. The third kappa shape index (κ3) is 3.71. The average molecular weight is 303 g/mol. The van der Waals surface area contributed by atoms with Crippen molar-refractivity contribution >= 4 is 15.9 Å². The molecule has 0 atom stereocenters. The van der Waals surface area contributed by atoms with Gasteiger partial charge in [0, 0.05) is 39.1 Å². The summed E-state index contributed by atoms with van der Waals surface area (Å²) in [5.74, 6) is -0.0321. The number of hydrogen-bond acceptors (Lipinski definition) is 4. The van der Waals surface area contributed by atoms with Crippen LogP contribution in [0.25, 0.3) is 0 Å². The number of carbonyl (C=O) groups is 1. The highest BCUT2D eigenvalue weighted by molar-refractivity contribution is 7.89. The molecule has 2 rings (SSSR count). The predicted molar refractivity (Wildman–Crippen MR) is 77.9 cm³/mol. The number of likely N-dealkylation sites (N-methyl/N-ethyl adjacent to an activating group) is 1. The van der Waals surface area contributed by atoms with Crippen molar-refractivity contribution in [1.29, 1.82) is 0 Å². The molecule has 2 aliphatic rings. The highest BCUT2D eigenvalue weighted by Gasteiger charge is 2.36. The fourth-order valence-electron chi connectivity index (χ4n) is 3.05. The molecule has 0 unspecified atom stereocenters. The van der Waals surface area contributed by atoms with Gasteiger partial charge in [-0.05, 0) is 32.7 Å². The van der Waals surface area contributed by atoms with Gasteiger partial charge in [0.15, 0.2) is 0 Å². The average Bonchev–Trinajstić information content (AvgIpc) is 2.39. The lowest BCUT2D eigenvalue weighted by molar-refractivity contribution is -0.119. The van der Waals surface area contributed by atoms with Crippen molar-refractivity contribution in [3.05, 3.63) is 0 Å². The molecule has 0 bridgehead atoms. The number of rotatable bonds is 3. The highest BCUT2D eigenvalue weighted by atomic mass is 32.2. The maximum absolute atomic E-state index is 12.6. The normalized spacial score (nSPS) is 30.1. The summed E-state index contributed by atoms with van der Waals surface area (Å²) in [6.07, 6.45) is 2.83. The second-order valence-corrected chi connectivity index (χ2v) is 8.13.